The normalized spacial score (nSPS) is 11.9. The third kappa shape index (κ3) is 4.94. The number of benzene rings is 2. The molecular formula is C20H21F4NO3. The fourth-order valence-electron chi connectivity index (χ4n) is 2.46. The largest absolute Gasteiger partial charge is 0.493 e. The molecule has 0 heterocycles. The minimum atomic E-state index is -5.06. The Bertz CT molecular complexity index is 886. The van der Waals surface area contributed by atoms with Crippen molar-refractivity contribution in [3.05, 3.63) is 47.3 Å². The number of carbonyl (C=O) groups excluding carboxylic acids is 1. The van der Waals surface area contributed by atoms with Crippen LogP contribution in [0.15, 0.2) is 30.3 Å². The molecule has 0 unspecified atom stereocenters. The number of methoxy groups -OCH3 is 1. The number of alkyl halides is 3. The Labute approximate surface area is 160 Å². The van der Waals surface area contributed by atoms with Crippen molar-refractivity contribution in [2.24, 2.45) is 0 Å². The van der Waals surface area contributed by atoms with E-state index in [2.05, 4.69) is 0 Å². The van der Waals surface area contributed by atoms with Gasteiger partial charge in [0.15, 0.2) is 17.2 Å². The first-order valence-corrected chi connectivity index (χ1v) is 8.37. The van der Waals surface area contributed by atoms with E-state index in [1.165, 1.54) is 13.2 Å². The molecule has 2 aromatic rings. The lowest BCUT2D eigenvalue weighted by Gasteiger charge is -2.24. The van der Waals surface area contributed by atoms with E-state index in [0.29, 0.717) is 5.56 Å². The second-order valence-corrected chi connectivity index (χ2v) is 7.27. The van der Waals surface area contributed by atoms with Crippen LogP contribution >= 0.6 is 0 Å². The van der Waals surface area contributed by atoms with Gasteiger partial charge in [0.2, 0.25) is 0 Å². The maximum Gasteiger partial charge on any atom is 0.471 e. The molecule has 0 aliphatic heterocycles. The Morgan fingerprint density at radius 1 is 1.00 bits per heavy atom. The zero-order valence-electron chi connectivity index (χ0n) is 16.1. The second kappa shape index (κ2) is 7.69. The summed E-state index contributed by atoms with van der Waals surface area (Å²) in [5.74, 6) is -2.53. The van der Waals surface area contributed by atoms with Crippen molar-refractivity contribution in [1.29, 1.82) is 0 Å². The van der Waals surface area contributed by atoms with Crippen LogP contribution in [0.5, 0.6) is 17.2 Å². The van der Waals surface area contributed by atoms with Crippen LogP contribution in [0.2, 0.25) is 0 Å². The third-order valence-electron chi connectivity index (χ3n) is 4.01. The molecule has 8 heteroatoms. The molecule has 4 nitrogen and oxygen atoms in total. The molecule has 2 rings (SSSR count). The molecule has 0 bridgehead atoms. The molecular weight excluding hydrogens is 378 g/mol. The van der Waals surface area contributed by atoms with Gasteiger partial charge < -0.3 is 14.8 Å². The summed E-state index contributed by atoms with van der Waals surface area (Å²) >= 11 is 0. The molecule has 0 spiro atoms. The Kier molecular flexibility index (Phi) is 5.91. The number of ether oxygens (including phenoxy) is 2. The monoisotopic (exact) mass is 399 g/mol. The summed E-state index contributed by atoms with van der Waals surface area (Å²) < 4.78 is 62.5. The summed E-state index contributed by atoms with van der Waals surface area (Å²) in [5, 5.41) is 1.86. The molecule has 152 valence electrons. The Morgan fingerprint density at radius 2 is 1.64 bits per heavy atom. The number of amides is 1. The van der Waals surface area contributed by atoms with Crippen molar-refractivity contribution in [3.63, 3.8) is 0 Å². The van der Waals surface area contributed by atoms with Crippen molar-refractivity contribution < 1.29 is 31.8 Å². The topological polar surface area (TPSA) is 47.6 Å². The van der Waals surface area contributed by atoms with Gasteiger partial charge >= 0.3 is 12.1 Å². The zero-order valence-corrected chi connectivity index (χ0v) is 16.1. The van der Waals surface area contributed by atoms with Gasteiger partial charge in [0, 0.05) is 6.07 Å². The standard InChI is InChI=1S/C20H21F4NO3/c1-11-8-12(19(2,3)4)9-16(17(11)25-18(26)20(22,23)24)28-14-7-6-13(21)10-15(14)27-5/h6-10H,1-5H3,(H,25,26). The number of aryl methyl sites for hydroxylation is 1. The van der Waals surface area contributed by atoms with Gasteiger partial charge in [-0.25, -0.2) is 4.39 Å². The van der Waals surface area contributed by atoms with E-state index < -0.39 is 17.9 Å². The quantitative estimate of drug-likeness (QED) is 0.668. The number of hydrogen-bond acceptors (Lipinski definition) is 3. The Morgan fingerprint density at radius 3 is 2.18 bits per heavy atom. The van der Waals surface area contributed by atoms with Gasteiger partial charge in [0.05, 0.1) is 12.8 Å². The van der Waals surface area contributed by atoms with Crippen LogP contribution in [-0.4, -0.2) is 19.2 Å². The van der Waals surface area contributed by atoms with Gasteiger partial charge in [-0.15, -0.1) is 0 Å². The first-order valence-electron chi connectivity index (χ1n) is 8.37. The lowest BCUT2D eigenvalue weighted by molar-refractivity contribution is -0.167. The number of carbonyl (C=O) groups is 1. The number of hydrogen-bond donors (Lipinski definition) is 1. The van der Waals surface area contributed by atoms with Crippen molar-refractivity contribution in [3.8, 4) is 17.2 Å². The lowest BCUT2D eigenvalue weighted by atomic mass is 9.85. The fourth-order valence-corrected chi connectivity index (χ4v) is 2.46. The molecule has 0 aliphatic rings. The molecule has 1 amide bonds. The summed E-state index contributed by atoms with van der Waals surface area (Å²) in [7, 11) is 1.31. The van der Waals surface area contributed by atoms with Crippen LogP contribution in [-0.2, 0) is 10.2 Å². The van der Waals surface area contributed by atoms with Crippen LogP contribution in [0.25, 0.3) is 0 Å². The van der Waals surface area contributed by atoms with E-state index in [0.717, 1.165) is 17.7 Å². The third-order valence-corrected chi connectivity index (χ3v) is 4.01. The summed E-state index contributed by atoms with van der Waals surface area (Å²) in [6.07, 6.45) is -5.06. The van der Waals surface area contributed by atoms with E-state index in [1.807, 2.05) is 26.1 Å². The zero-order chi connectivity index (χ0) is 21.3. The number of halogens is 4. The van der Waals surface area contributed by atoms with Gasteiger partial charge in [-0.2, -0.15) is 13.2 Å². The maximum atomic E-state index is 13.4. The molecule has 0 fully saturated rings. The molecule has 28 heavy (non-hydrogen) atoms. The lowest BCUT2D eigenvalue weighted by Crippen LogP contribution is -2.30. The van der Waals surface area contributed by atoms with Crippen LogP contribution in [0, 0.1) is 12.7 Å². The molecule has 2 aromatic carbocycles. The van der Waals surface area contributed by atoms with Gasteiger partial charge in [-0.05, 0) is 41.7 Å². The highest BCUT2D eigenvalue weighted by Gasteiger charge is 2.39. The van der Waals surface area contributed by atoms with Gasteiger partial charge in [0.25, 0.3) is 0 Å². The van der Waals surface area contributed by atoms with E-state index in [1.54, 1.807) is 19.1 Å². The summed E-state index contributed by atoms with van der Waals surface area (Å²) in [6, 6.07) is 6.74. The van der Waals surface area contributed by atoms with E-state index in [4.69, 9.17) is 9.47 Å². The van der Waals surface area contributed by atoms with Gasteiger partial charge in [-0.3, -0.25) is 4.79 Å². The molecule has 0 saturated heterocycles. The second-order valence-electron chi connectivity index (χ2n) is 7.27. The van der Waals surface area contributed by atoms with Crippen molar-refractivity contribution >= 4 is 11.6 Å². The van der Waals surface area contributed by atoms with E-state index in [9.17, 15) is 22.4 Å². The molecule has 0 saturated carbocycles. The molecule has 0 radical (unpaired) electrons. The minimum Gasteiger partial charge on any atom is -0.493 e. The predicted octanol–water partition coefficient (Wildman–Crippen LogP) is 5.73. The van der Waals surface area contributed by atoms with Crippen LogP contribution in [0.3, 0.4) is 0 Å². The maximum absolute atomic E-state index is 13.4. The smallest absolute Gasteiger partial charge is 0.471 e. The van der Waals surface area contributed by atoms with Gasteiger partial charge in [0.1, 0.15) is 5.82 Å². The first-order chi connectivity index (χ1) is 12.8. The summed E-state index contributed by atoms with van der Waals surface area (Å²) in [5.41, 5.74) is 0.719. The van der Waals surface area contributed by atoms with Crippen LogP contribution in [0.1, 0.15) is 31.9 Å². The average molecular weight is 399 g/mol. The average Bonchev–Trinajstić information content (AvgIpc) is 2.57. The number of nitrogens with one attached hydrogen (secondary N) is 1. The molecule has 0 atom stereocenters. The predicted molar refractivity (Wildman–Crippen MR) is 97.6 cm³/mol. The van der Waals surface area contributed by atoms with Crippen molar-refractivity contribution in [1.82, 2.24) is 0 Å². The van der Waals surface area contributed by atoms with Crippen molar-refractivity contribution in [2.75, 3.05) is 12.4 Å². The molecule has 0 aromatic heterocycles. The molecule has 0 aliphatic carbocycles. The minimum absolute atomic E-state index is 0.00701. The summed E-state index contributed by atoms with van der Waals surface area (Å²) in [6.45, 7) is 7.35. The van der Waals surface area contributed by atoms with E-state index in [-0.39, 0.29) is 28.4 Å². The van der Waals surface area contributed by atoms with Crippen molar-refractivity contribution in [2.45, 2.75) is 39.3 Å². The van der Waals surface area contributed by atoms with Crippen LogP contribution in [0.4, 0.5) is 23.2 Å². The SMILES string of the molecule is COc1cc(F)ccc1Oc1cc(C(C)(C)C)cc(C)c1NC(=O)C(F)(F)F. The highest BCUT2D eigenvalue weighted by atomic mass is 19.4. The molecule has 1 N–H and O–H groups in total. The fraction of sp³-hybridized carbons (Fsp3) is 0.350. The van der Waals surface area contributed by atoms with E-state index >= 15 is 0 Å². The Hall–Kier alpha value is -2.77. The Balaban J connectivity index is 2.58. The highest BCUT2D eigenvalue weighted by Crippen LogP contribution is 2.40. The summed E-state index contributed by atoms with van der Waals surface area (Å²) in [4.78, 5) is 11.5. The highest BCUT2D eigenvalue weighted by molar-refractivity contribution is 5.97. The van der Waals surface area contributed by atoms with Crippen LogP contribution < -0.4 is 14.8 Å². The first kappa shape index (κ1) is 21.5. The number of anilines is 1. The number of rotatable bonds is 4. The van der Waals surface area contributed by atoms with Gasteiger partial charge in [-0.1, -0.05) is 26.8 Å².